The predicted molar refractivity (Wildman–Crippen MR) is 83.8 cm³/mol. The van der Waals surface area contributed by atoms with Crippen molar-refractivity contribution in [3.8, 4) is 0 Å². The molecule has 1 saturated heterocycles. The van der Waals surface area contributed by atoms with E-state index in [4.69, 9.17) is 4.74 Å². The molecule has 2 aromatic heterocycles. The maximum Gasteiger partial charge on any atom is 0.409 e. The van der Waals surface area contributed by atoms with Gasteiger partial charge in [-0.05, 0) is 32.4 Å². The molecule has 0 bridgehead atoms. The van der Waals surface area contributed by atoms with E-state index in [-0.39, 0.29) is 6.09 Å². The number of nitrogens with zero attached hydrogens (tertiary/aromatic N) is 3. The number of carbonyl (C=O) groups excluding carboxylic acids is 1. The highest BCUT2D eigenvalue weighted by atomic mass is 16.6. The first-order valence-corrected chi connectivity index (χ1v) is 7.76. The molecule has 1 aliphatic heterocycles. The molecular weight excluding hydrogens is 280 g/mol. The number of fused-ring (bicyclic) bond motifs is 1. The molecule has 0 radical (unpaired) electrons. The molecule has 0 aromatic carbocycles. The molecule has 1 atom stereocenters. The quantitative estimate of drug-likeness (QED) is 0.938. The van der Waals surface area contributed by atoms with Gasteiger partial charge in [-0.25, -0.2) is 9.78 Å². The van der Waals surface area contributed by atoms with Crippen molar-refractivity contribution in [1.82, 2.24) is 19.6 Å². The van der Waals surface area contributed by atoms with Crippen LogP contribution in [0.25, 0.3) is 5.65 Å². The van der Waals surface area contributed by atoms with Crippen molar-refractivity contribution in [3.05, 3.63) is 35.8 Å². The SMILES string of the molecule is CCOC(=O)N1CCC(NCc2cn3c(C)cccc3n2)C1. The summed E-state index contributed by atoms with van der Waals surface area (Å²) in [5.41, 5.74) is 3.16. The molecule has 1 unspecified atom stereocenters. The molecule has 0 spiro atoms. The van der Waals surface area contributed by atoms with E-state index in [0.717, 1.165) is 24.3 Å². The second kappa shape index (κ2) is 6.36. The summed E-state index contributed by atoms with van der Waals surface area (Å²) in [7, 11) is 0. The van der Waals surface area contributed by atoms with Crippen molar-refractivity contribution < 1.29 is 9.53 Å². The molecule has 6 nitrogen and oxygen atoms in total. The lowest BCUT2D eigenvalue weighted by molar-refractivity contribution is 0.115. The van der Waals surface area contributed by atoms with Crippen LogP contribution in [-0.2, 0) is 11.3 Å². The van der Waals surface area contributed by atoms with Crippen molar-refractivity contribution in [2.75, 3.05) is 19.7 Å². The summed E-state index contributed by atoms with van der Waals surface area (Å²) in [6, 6.07) is 6.40. The average molecular weight is 302 g/mol. The van der Waals surface area contributed by atoms with Crippen LogP contribution in [0.15, 0.2) is 24.4 Å². The van der Waals surface area contributed by atoms with Crippen LogP contribution in [0.3, 0.4) is 0 Å². The number of amides is 1. The van der Waals surface area contributed by atoms with Gasteiger partial charge in [0.05, 0.1) is 12.3 Å². The van der Waals surface area contributed by atoms with Crippen LogP contribution >= 0.6 is 0 Å². The van der Waals surface area contributed by atoms with Gasteiger partial charge in [-0.2, -0.15) is 0 Å². The van der Waals surface area contributed by atoms with Gasteiger partial charge in [0, 0.05) is 37.6 Å². The number of aryl methyl sites for hydroxylation is 1. The number of carbonyl (C=O) groups is 1. The predicted octanol–water partition coefficient (Wildman–Crippen LogP) is 1.96. The number of ether oxygens (including phenoxy) is 1. The number of pyridine rings is 1. The number of nitrogens with one attached hydrogen (secondary N) is 1. The summed E-state index contributed by atoms with van der Waals surface area (Å²) in [5, 5.41) is 3.48. The highest BCUT2D eigenvalue weighted by Crippen LogP contribution is 2.12. The molecule has 2 aromatic rings. The average Bonchev–Trinajstić information content (AvgIpc) is 3.12. The molecule has 1 amide bonds. The van der Waals surface area contributed by atoms with Gasteiger partial charge in [0.2, 0.25) is 0 Å². The molecule has 3 rings (SSSR count). The van der Waals surface area contributed by atoms with Gasteiger partial charge in [-0.1, -0.05) is 6.07 Å². The summed E-state index contributed by atoms with van der Waals surface area (Å²) >= 11 is 0. The second-order valence-electron chi connectivity index (χ2n) is 5.64. The van der Waals surface area contributed by atoms with Gasteiger partial charge in [0.15, 0.2) is 0 Å². The molecular formula is C16H22N4O2. The van der Waals surface area contributed by atoms with E-state index in [1.54, 1.807) is 4.90 Å². The Morgan fingerprint density at radius 3 is 3.14 bits per heavy atom. The largest absolute Gasteiger partial charge is 0.450 e. The monoisotopic (exact) mass is 302 g/mol. The van der Waals surface area contributed by atoms with Gasteiger partial charge in [-0.3, -0.25) is 0 Å². The van der Waals surface area contributed by atoms with Crippen molar-refractivity contribution in [2.24, 2.45) is 0 Å². The second-order valence-corrected chi connectivity index (χ2v) is 5.64. The van der Waals surface area contributed by atoms with Crippen molar-refractivity contribution >= 4 is 11.7 Å². The van der Waals surface area contributed by atoms with E-state index in [9.17, 15) is 4.79 Å². The minimum Gasteiger partial charge on any atom is -0.450 e. The maximum absolute atomic E-state index is 11.7. The normalized spacial score (nSPS) is 18.1. The van der Waals surface area contributed by atoms with Gasteiger partial charge in [-0.15, -0.1) is 0 Å². The summed E-state index contributed by atoms with van der Waals surface area (Å²) in [6.45, 7) is 6.48. The first-order chi connectivity index (χ1) is 10.7. The van der Waals surface area contributed by atoms with E-state index >= 15 is 0 Å². The van der Waals surface area contributed by atoms with Crippen LogP contribution in [0.1, 0.15) is 24.7 Å². The van der Waals surface area contributed by atoms with E-state index in [2.05, 4.69) is 33.9 Å². The highest BCUT2D eigenvalue weighted by molar-refractivity contribution is 5.68. The molecule has 118 valence electrons. The molecule has 6 heteroatoms. The van der Waals surface area contributed by atoms with E-state index in [1.807, 2.05) is 19.1 Å². The Morgan fingerprint density at radius 1 is 1.50 bits per heavy atom. The molecule has 3 heterocycles. The summed E-state index contributed by atoms with van der Waals surface area (Å²) < 4.78 is 7.13. The lowest BCUT2D eigenvalue weighted by atomic mass is 10.2. The Labute approximate surface area is 130 Å². The van der Waals surface area contributed by atoms with Crippen LogP contribution in [-0.4, -0.2) is 46.1 Å². The first kappa shape index (κ1) is 14.8. The van der Waals surface area contributed by atoms with E-state index in [1.165, 1.54) is 5.69 Å². The van der Waals surface area contributed by atoms with E-state index < -0.39 is 0 Å². The molecule has 1 fully saturated rings. The third-order valence-electron chi connectivity index (χ3n) is 4.03. The summed E-state index contributed by atoms with van der Waals surface area (Å²) in [6.07, 6.45) is 2.80. The third kappa shape index (κ3) is 3.06. The van der Waals surface area contributed by atoms with Crippen LogP contribution < -0.4 is 5.32 Å². The number of aromatic nitrogens is 2. The minimum absolute atomic E-state index is 0.213. The van der Waals surface area contributed by atoms with Crippen molar-refractivity contribution in [2.45, 2.75) is 32.9 Å². The number of hydrogen-bond acceptors (Lipinski definition) is 4. The Bertz CT molecular complexity index is 667. The number of hydrogen-bond donors (Lipinski definition) is 1. The zero-order valence-electron chi connectivity index (χ0n) is 13.1. The fraction of sp³-hybridized carbons (Fsp3) is 0.500. The van der Waals surface area contributed by atoms with Crippen molar-refractivity contribution in [3.63, 3.8) is 0 Å². The van der Waals surface area contributed by atoms with Crippen LogP contribution in [0, 0.1) is 6.92 Å². The van der Waals surface area contributed by atoms with E-state index in [0.29, 0.717) is 25.7 Å². The Kier molecular flexibility index (Phi) is 4.29. The lowest BCUT2D eigenvalue weighted by Crippen LogP contribution is -2.35. The Hall–Kier alpha value is -2.08. The summed E-state index contributed by atoms with van der Waals surface area (Å²) in [4.78, 5) is 18.1. The fourth-order valence-corrected chi connectivity index (χ4v) is 2.84. The Morgan fingerprint density at radius 2 is 2.36 bits per heavy atom. The topological polar surface area (TPSA) is 58.9 Å². The van der Waals surface area contributed by atoms with Crippen LogP contribution in [0.4, 0.5) is 4.79 Å². The van der Waals surface area contributed by atoms with Gasteiger partial charge >= 0.3 is 6.09 Å². The number of likely N-dealkylation sites (tertiary alicyclic amines) is 1. The highest BCUT2D eigenvalue weighted by Gasteiger charge is 2.26. The van der Waals surface area contributed by atoms with Crippen LogP contribution in [0.5, 0.6) is 0 Å². The zero-order valence-corrected chi connectivity index (χ0v) is 13.1. The summed E-state index contributed by atoms with van der Waals surface area (Å²) in [5.74, 6) is 0. The Balaban J connectivity index is 1.56. The maximum atomic E-state index is 11.7. The molecule has 0 saturated carbocycles. The molecule has 22 heavy (non-hydrogen) atoms. The standard InChI is InChI=1S/C16H22N4O2/c1-3-22-16(21)19-8-7-13(10-19)17-9-14-11-20-12(2)5-4-6-15(20)18-14/h4-6,11,13,17H,3,7-10H2,1-2H3. The lowest BCUT2D eigenvalue weighted by Gasteiger charge is -2.16. The van der Waals surface area contributed by atoms with Crippen molar-refractivity contribution in [1.29, 1.82) is 0 Å². The van der Waals surface area contributed by atoms with Gasteiger partial charge in [0.25, 0.3) is 0 Å². The molecule has 1 N–H and O–H groups in total. The third-order valence-corrected chi connectivity index (χ3v) is 4.03. The van der Waals surface area contributed by atoms with Gasteiger partial charge < -0.3 is 19.4 Å². The fourth-order valence-electron chi connectivity index (χ4n) is 2.84. The van der Waals surface area contributed by atoms with Gasteiger partial charge in [0.1, 0.15) is 5.65 Å². The van der Waals surface area contributed by atoms with Crippen LogP contribution in [0.2, 0.25) is 0 Å². The first-order valence-electron chi connectivity index (χ1n) is 7.76. The zero-order chi connectivity index (χ0) is 15.5. The number of imidazole rings is 1. The molecule has 1 aliphatic rings. The minimum atomic E-state index is -0.213. The molecule has 0 aliphatic carbocycles. The smallest absolute Gasteiger partial charge is 0.409 e. The number of rotatable bonds is 4.